The molecule has 1 aliphatic carbocycles. The largest absolute Gasteiger partial charge is 0.479 e. The van der Waals surface area contributed by atoms with Crippen molar-refractivity contribution in [3.63, 3.8) is 0 Å². The first-order chi connectivity index (χ1) is 15.8. The second-order valence-corrected chi connectivity index (χ2v) is 9.64. The molecular weight excluding hydrogens is 506 g/mol. The molecule has 166 valence electrons. The molecule has 1 amide bonds. The lowest BCUT2D eigenvalue weighted by Crippen LogP contribution is -2.55. The van der Waals surface area contributed by atoms with Crippen LogP contribution in [0.15, 0.2) is 69.6 Å². The molecule has 2 N–H and O–H groups in total. The number of aliphatic carboxylic acids is 1. The molecule has 5 rings (SSSR count). The Bertz CT molecular complexity index is 1430. The summed E-state index contributed by atoms with van der Waals surface area (Å²) in [6.07, 6.45) is 0.410. The fraction of sp³-hybridized carbons (Fsp3) is 0.154. The first-order valence-electron chi connectivity index (χ1n) is 10.4. The van der Waals surface area contributed by atoms with E-state index in [1.54, 1.807) is 6.92 Å². The van der Waals surface area contributed by atoms with Crippen LogP contribution in [0.2, 0.25) is 5.02 Å². The maximum atomic E-state index is 13.2. The smallest absolute Gasteiger partial charge is 0.330 e. The number of furan rings is 1. The number of fused-ring (bicyclic) bond motifs is 2. The molecule has 0 radical (unpaired) electrons. The molecule has 0 aliphatic heterocycles. The Kier molecular flexibility index (Phi) is 5.30. The van der Waals surface area contributed by atoms with E-state index in [2.05, 4.69) is 21.2 Å². The van der Waals surface area contributed by atoms with Crippen molar-refractivity contribution in [3.05, 3.63) is 92.6 Å². The summed E-state index contributed by atoms with van der Waals surface area (Å²) in [5.74, 6) is -1.49. The number of aryl methyl sites for hydroxylation is 1. The van der Waals surface area contributed by atoms with Crippen molar-refractivity contribution in [1.29, 1.82) is 0 Å². The summed E-state index contributed by atoms with van der Waals surface area (Å²) >= 11 is 9.48. The van der Waals surface area contributed by atoms with Crippen LogP contribution in [0.25, 0.3) is 22.1 Å². The molecule has 7 heteroatoms. The Balaban J connectivity index is 1.48. The maximum Gasteiger partial charge on any atom is 0.330 e. The number of nitrogens with one attached hydrogen (secondary N) is 1. The first-order valence-corrected chi connectivity index (χ1v) is 11.6. The molecule has 4 aromatic rings. The number of rotatable bonds is 4. The predicted octanol–water partition coefficient (Wildman–Crippen LogP) is 6.18. The summed E-state index contributed by atoms with van der Waals surface area (Å²) < 4.78 is 6.78. The van der Waals surface area contributed by atoms with Crippen molar-refractivity contribution in [2.24, 2.45) is 0 Å². The summed E-state index contributed by atoms with van der Waals surface area (Å²) in [5.41, 5.74) is 3.51. The molecule has 33 heavy (non-hydrogen) atoms. The van der Waals surface area contributed by atoms with Gasteiger partial charge in [-0.1, -0.05) is 63.9 Å². The maximum absolute atomic E-state index is 13.2. The van der Waals surface area contributed by atoms with Gasteiger partial charge in [0, 0.05) is 33.3 Å². The topological polar surface area (TPSA) is 79.5 Å². The quantitative estimate of drug-likeness (QED) is 0.334. The summed E-state index contributed by atoms with van der Waals surface area (Å²) in [5, 5.41) is 14.3. The van der Waals surface area contributed by atoms with Gasteiger partial charge in [-0.05, 0) is 53.4 Å². The van der Waals surface area contributed by atoms with Gasteiger partial charge in [-0.25, -0.2) is 4.79 Å². The van der Waals surface area contributed by atoms with Gasteiger partial charge in [-0.3, -0.25) is 4.79 Å². The molecule has 0 saturated carbocycles. The highest BCUT2D eigenvalue weighted by molar-refractivity contribution is 9.10. The van der Waals surface area contributed by atoms with Gasteiger partial charge >= 0.3 is 5.97 Å². The second kappa shape index (κ2) is 8.04. The number of carbonyl (C=O) groups excluding carboxylic acids is 1. The Hall–Kier alpha value is -3.09. The fourth-order valence-electron chi connectivity index (χ4n) is 4.49. The molecule has 1 heterocycles. The zero-order chi connectivity index (χ0) is 23.3. The van der Waals surface area contributed by atoms with Crippen molar-refractivity contribution < 1.29 is 19.1 Å². The van der Waals surface area contributed by atoms with E-state index in [1.807, 2.05) is 60.7 Å². The number of benzene rings is 3. The monoisotopic (exact) mass is 523 g/mol. The highest BCUT2D eigenvalue weighted by Gasteiger charge is 2.46. The van der Waals surface area contributed by atoms with Crippen LogP contribution in [0.4, 0.5) is 0 Å². The minimum Gasteiger partial charge on any atom is -0.479 e. The van der Waals surface area contributed by atoms with Crippen molar-refractivity contribution in [1.82, 2.24) is 5.32 Å². The van der Waals surface area contributed by atoms with Crippen molar-refractivity contribution in [2.45, 2.75) is 25.3 Å². The Labute approximate surface area is 203 Å². The molecular formula is C26H19BrClNO4. The Morgan fingerprint density at radius 1 is 1.06 bits per heavy atom. The number of hydrogen-bond donors (Lipinski definition) is 2. The van der Waals surface area contributed by atoms with Crippen molar-refractivity contribution in [2.75, 3.05) is 0 Å². The number of halogens is 2. The lowest BCUT2D eigenvalue weighted by molar-refractivity contribution is -0.144. The lowest BCUT2D eigenvalue weighted by atomic mass is 9.95. The van der Waals surface area contributed by atoms with E-state index in [-0.39, 0.29) is 18.6 Å². The van der Waals surface area contributed by atoms with Crippen LogP contribution in [0.1, 0.15) is 27.2 Å². The third-order valence-electron chi connectivity index (χ3n) is 6.27. The minimum absolute atomic E-state index is 0.119. The van der Waals surface area contributed by atoms with E-state index < -0.39 is 17.4 Å². The second-order valence-electron chi connectivity index (χ2n) is 8.35. The molecule has 0 spiro atoms. The predicted molar refractivity (Wildman–Crippen MR) is 131 cm³/mol. The summed E-state index contributed by atoms with van der Waals surface area (Å²) in [6, 6.07) is 18.8. The zero-order valence-electron chi connectivity index (χ0n) is 17.6. The summed E-state index contributed by atoms with van der Waals surface area (Å²) in [6.45, 7) is 1.80. The number of carboxylic acid groups (broad SMARTS) is 1. The van der Waals surface area contributed by atoms with E-state index in [9.17, 15) is 14.7 Å². The van der Waals surface area contributed by atoms with Crippen LogP contribution < -0.4 is 5.32 Å². The molecule has 0 fully saturated rings. The van der Waals surface area contributed by atoms with Crippen molar-refractivity contribution >= 4 is 50.4 Å². The molecule has 1 aliphatic rings. The molecule has 3 aromatic carbocycles. The number of carboxylic acids is 1. The molecule has 1 aromatic heterocycles. The van der Waals surface area contributed by atoms with E-state index in [1.165, 1.54) is 0 Å². The van der Waals surface area contributed by atoms with Gasteiger partial charge in [0.25, 0.3) is 5.91 Å². The molecule has 1 unspecified atom stereocenters. The first kappa shape index (κ1) is 21.7. The van der Waals surface area contributed by atoms with Crippen LogP contribution >= 0.6 is 27.5 Å². The van der Waals surface area contributed by atoms with E-state index >= 15 is 0 Å². The molecule has 5 nitrogen and oxygen atoms in total. The standard InChI is InChI=1S/C26H19BrClNO4/c1-14-19-10-7-16(15-5-8-18(28)9-6-15)11-22(19)33-23(14)24(30)29-26(25(31)32)12-17-3-2-4-21(27)20(17)13-26/h2-11H,12-13H2,1H3,(H,29,30)(H,31,32). The third kappa shape index (κ3) is 3.73. The van der Waals surface area contributed by atoms with Crippen molar-refractivity contribution in [3.8, 4) is 11.1 Å². The minimum atomic E-state index is -1.43. The molecule has 1 atom stereocenters. The molecule has 0 bridgehead atoms. The van der Waals surface area contributed by atoms with Gasteiger partial charge in [0.05, 0.1) is 0 Å². The SMILES string of the molecule is Cc1c(C(=O)NC2(C(=O)O)Cc3cccc(Br)c3C2)oc2cc(-c3ccc(Cl)cc3)ccc12. The highest BCUT2D eigenvalue weighted by atomic mass is 79.9. The van der Waals surface area contributed by atoms with Gasteiger partial charge < -0.3 is 14.8 Å². The fourth-order valence-corrected chi connectivity index (χ4v) is 5.16. The number of amides is 1. The number of hydrogen-bond acceptors (Lipinski definition) is 3. The lowest BCUT2D eigenvalue weighted by Gasteiger charge is -2.25. The normalized spacial score (nSPS) is 17.2. The summed E-state index contributed by atoms with van der Waals surface area (Å²) in [7, 11) is 0. The van der Waals surface area contributed by atoms with Crippen LogP contribution in [0.5, 0.6) is 0 Å². The van der Waals surface area contributed by atoms with E-state index in [0.29, 0.717) is 16.2 Å². The van der Waals surface area contributed by atoms with Crippen LogP contribution in [0.3, 0.4) is 0 Å². The van der Waals surface area contributed by atoms with Gasteiger partial charge in [0.15, 0.2) is 5.76 Å². The van der Waals surface area contributed by atoms with Gasteiger partial charge in [-0.15, -0.1) is 0 Å². The van der Waals surface area contributed by atoms with Crippen LogP contribution in [-0.4, -0.2) is 22.5 Å². The average molecular weight is 525 g/mol. The zero-order valence-corrected chi connectivity index (χ0v) is 20.0. The average Bonchev–Trinajstić information content (AvgIpc) is 3.33. The van der Waals surface area contributed by atoms with E-state index in [4.69, 9.17) is 16.0 Å². The van der Waals surface area contributed by atoms with Crippen LogP contribution in [-0.2, 0) is 17.6 Å². The number of carbonyl (C=O) groups is 2. The van der Waals surface area contributed by atoms with Gasteiger partial charge in [-0.2, -0.15) is 0 Å². The highest BCUT2D eigenvalue weighted by Crippen LogP contribution is 2.36. The van der Waals surface area contributed by atoms with Gasteiger partial charge in [0.1, 0.15) is 11.1 Å². The van der Waals surface area contributed by atoms with Gasteiger partial charge in [0.2, 0.25) is 0 Å². The van der Waals surface area contributed by atoms with Crippen LogP contribution in [0, 0.1) is 6.92 Å². The third-order valence-corrected chi connectivity index (χ3v) is 7.27. The Morgan fingerprint density at radius 2 is 1.79 bits per heavy atom. The van der Waals surface area contributed by atoms with E-state index in [0.717, 1.165) is 32.1 Å². The summed E-state index contributed by atoms with van der Waals surface area (Å²) in [4.78, 5) is 25.5. The Morgan fingerprint density at radius 3 is 2.48 bits per heavy atom. The molecule has 0 saturated heterocycles.